The third-order valence-corrected chi connectivity index (χ3v) is 5.40. The van der Waals surface area contributed by atoms with Gasteiger partial charge in [0.1, 0.15) is 17.8 Å². The van der Waals surface area contributed by atoms with E-state index in [9.17, 15) is 14.4 Å². The summed E-state index contributed by atoms with van der Waals surface area (Å²) in [6, 6.07) is 5.88. The molecule has 0 spiro atoms. The van der Waals surface area contributed by atoms with Gasteiger partial charge in [-0.25, -0.2) is 0 Å². The third kappa shape index (κ3) is 6.95. The second-order valence-electron chi connectivity index (χ2n) is 8.33. The van der Waals surface area contributed by atoms with Crippen LogP contribution in [0.15, 0.2) is 24.3 Å². The summed E-state index contributed by atoms with van der Waals surface area (Å²) in [6.07, 6.45) is 2.04. The maximum Gasteiger partial charge on any atom is 0.246 e. The Morgan fingerprint density at radius 3 is 2.65 bits per heavy atom. The smallest absolute Gasteiger partial charge is 0.246 e. The summed E-state index contributed by atoms with van der Waals surface area (Å²) in [4.78, 5) is 39.6. The van der Waals surface area contributed by atoms with E-state index in [1.54, 1.807) is 11.8 Å². The lowest BCUT2D eigenvalue weighted by atomic mass is 10.0. The summed E-state index contributed by atoms with van der Waals surface area (Å²) in [5.41, 5.74) is 6.71. The van der Waals surface area contributed by atoms with Crippen LogP contribution in [-0.2, 0) is 20.8 Å². The zero-order valence-electron chi connectivity index (χ0n) is 19.0. The highest BCUT2D eigenvalue weighted by Gasteiger charge is 2.38. The normalized spacial score (nSPS) is 17.9. The van der Waals surface area contributed by atoms with Gasteiger partial charge in [-0.05, 0) is 56.7 Å². The number of rotatable bonds is 10. The summed E-state index contributed by atoms with van der Waals surface area (Å²) < 4.78 is 5.51. The molecule has 1 aromatic rings. The van der Waals surface area contributed by atoms with Crippen molar-refractivity contribution in [1.82, 2.24) is 15.5 Å². The van der Waals surface area contributed by atoms with Gasteiger partial charge in [0.2, 0.25) is 17.7 Å². The van der Waals surface area contributed by atoms with Crippen LogP contribution in [0, 0.1) is 5.92 Å². The zero-order chi connectivity index (χ0) is 23.0. The summed E-state index contributed by atoms with van der Waals surface area (Å²) in [7, 11) is 0. The van der Waals surface area contributed by atoms with Gasteiger partial charge >= 0.3 is 0 Å². The Kier molecular flexibility index (Phi) is 9.30. The number of ether oxygens (including phenoxy) is 1. The van der Waals surface area contributed by atoms with Gasteiger partial charge < -0.3 is 26.0 Å². The van der Waals surface area contributed by atoms with E-state index >= 15 is 0 Å². The molecule has 0 saturated carbocycles. The highest BCUT2D eigenvalue weighted by molar-refractivity contribution is 5.93. The Balaban J connectivity index is 1.95. The molecule has 8 heteroatoms. The Labute approximate surface area is 184 Å². The van der Waals surface area contributed by atoms with Gasteiger partial charge in [-0.2, -0.15) is 0 Å². The minimum absolute atomic E-state index is 0.114. The standard InChI is InChI=1S/C23H36N4O4/c1-5-31-18-9-6-8-17(14-18)11-12-25-22(29)19-10-7-13-27(19)23(30)20(15(2)3)26-21(28)16(4)24/h6,8-9,14-16,19-20H,5,7,10-13,24H2,1-4H3,(H,25,29)(H,26,28)/t16-,19-,20-/m0/s1. The molecule has 0 aromatic heterocycles. The van der Waals surface area contributed by atoms with Crippen molar-refractivity contribution in [2.24, 2.45) is 11.7 Å². The van der Waals surface area contributed by atoms with E-state index in [4.69, 9.17) is 10.5 Å². The van der Waals surface area contributed by atoms with Gasteiger partial charge in [-0.15, -0.1) is 0 Å². The molecular weight excluding hydrogens is 396 g/mol. The fraction of sp³-hybridized carbons (Fsp3) is 0.609. The number of carbonyl (C=O) groups is 3. The van der Waals surface area contributed by atoms with Crippen LogP contribution in [0.3, 0.4) is 0 Å². The minimum atomic E-state index is -0.701. The molecule has 172 valence electrons. The monoisotopic (exact) mass is 432 g/mol. The predicted molar refractivity (Wildman–Crippen MR) is 119 cm³/mol. The largest absolute Gasteiger partial charge is 0.494 e. The molecule has 3 atom stereocenters. The van der Waals surface area contributed by atoms with E-state index in [-0.39, 0.29) is 23.6 Å². The van der Waals surface area contributed by atoms with Crippen molar-refractivity contribution < 1.29 is 19.1 Å². The lowest BCUT2D eigenvalue weighted by Crippen LogP contribution is -2.57. The lowest BCUT2D eigenvalue weighted by molar-refractivity contribution is -0.142. The van der Waals surface area contributed by atoms with Crippen LogP contribution in [0.4, 0.5) is 0 Å². The molecule has 1 heterocycles. The van der Waals surface area contributed by atoms with Crippen molar-refractivity contribution in [1.29, 1.82) is 0 Å². The van der Waals surface area contributed by atoms with Crippen molar-refractivity contribution in [2.45, 2.75) is 65.1 Å². The van der Waals surface area contributed by atoms with Crippen LogP contribution < -0.4 is 21.1 Å². The Morgan fingerprint density at radius 2 is 2.00 bits per heavy atom. The predicted octanol–water partition coefficient (Wildman–Crippen LogP) is 1.22. The number of nitrogens with two attached hydrogens (primary N) is 1. The number of likely N-dealkylation sites (tertiary alicyclic amines) is 1. The molecule has 3 amide bonds. The van der Waals surface area contributed by atoms with Crippen molar-refractivity contribution >= 4 is 17.7 Å². The number of amides is 3. The number of nitrogens with zero attached hydrogens (tertiary/aromatic N) is 1. The number of hydrogen-bond acceptors (Lipinski definition) is 5. The van der Waals surface area contributed by atoms with Crippen LogP contribution in [0.1, 0.15) is 46.1 Å². The van der Waals surface area contributed by atoms with Crippen LogP contribution in [-0.4, -0.2) is 60.4 Å². The molecule has 0 unspecified atom stereocenters. The maximum absolute atomic E-state index is 13.1. The molecule has 1 aliphatic heterocycles. The number of nitrogens with one attached hydrogen (secondary N) is 2. The number of hydrogen-bond donors (Lipinski definition) is 3. The van der Waals surface area contributed by atoms with Crippen molar-refractivity contribution in [3.8, 4) is 5.75 Å². The lowest BCUT2D eigenvalue weighted by Gasteiger charge is -2.30. The average Bonchev–Trinajstić information content (AvgIpc) is 3.21. The van der Waals surface area contributed by atoms with E-state index in [1.807, 2.05) is 45.0 Å². The Bertz CT molecular complexity index is 766. The first-order valence-electron chi connectivity index (χ1n) is 11.1. The second-order valence-corrected chi connectivity index (χ2v) is 8.33. The molecule has 0 aliphatic carbocycles. The zero-order valence-corrected chi connectivity index (χ0v) is 19.0. The van der Waals surface area contributed by atoms with Crippen LogP contribution in [0.5, 0.6) is 5.75 Å². The van der Waals surface area contributed by atoms with Crippen molar-refractivity contribution in [2.75, 3.05) is 19.7 Å². The van der Waals surface area contributed by atoms with E-state index in [0.29, 0.717) is 32.5 Å². The summed E-state index contributed by atoms with van der Waals surface area (Å²) in [5.74, 6) is -0.0648. The van der Waals surface area contributed by atoms with E-state index < -0.39 is 18.1 Å². The first kappa shape index (κ1) is 24.7. The third-order valence-electron chi connectivity index (χ3n) is 5.40. The summed E-state index contributed by atoms with van der Waals surface area (Å²) >= 11 is 0. The summed E-state index contributed by atoms with van der Waals surface area (Å²) in [5, 5.41) is 5.69. The molecule has 1 aromatic carbocycles. The number of carbonyl (C=O) groups excluding carboxylic acids is 3. The van der Waals surface area contributed by atoms with Crippen LogP contribution in [0.25, 0.3) is 0 Å². The Hall–Kier alpha value is -2.61. The van der Waals surface area contributed by atoms with Crippen molar-refractivity contribution in [3.63, 3.8) is 0 Å². The van der Waals surface area contributed by atoms with Gasteiger partial charge in [0.05, 0.1) is 12.6 Å². The fourth-order valence-corrected chi connectivity index (χ4v) is 3.69. The van der Waals surface area contributed by atoms with Crippen LogP contribution in [0.2, 0.25) is 0 Å². The molecule has 2 rings (SSSR count). The van der Waals surface area contributed by atoms with Gasteiger partial charge in [0.25, 0.3) is 0 Å². The molecule has 31 heavy (non-hydrogen) atoms. The molecule has 1 saturated heterocycles. The minimum Gasteiger partial charge on any atom is -0.494 e. The maximum atomic E-state index is 13.1. The molecule has 0 radical (unpaired) electrons. The van der Waals surface area contributed by atoms with Gasteiger partial charge in [-0.3, -0.25) is 14.4 Å². The molecule has 0 bridgehead atoms. The van der Waals surface area contributed by atoms with E-state index in [2.05, 4.69) is 10.6 Å². The first-order valence-corrected chi connectivity index (χ1v) is 11.1. The van der Waals surface area contributed by atoms with Gasteiger partial charge in [-0.1, -0.05) is 26.0 Å². The van der Waals surface area contributed by atoms with E-state index in [0.717, 1.165) is 17.7 Å². The molecule has 1 fully saturated rings. The molecular formula is C23H36N4O4. The second kappa shape index (κ2) is 11.7. The summed E-state index contributed by atoms with van der Waals surface area (Å²) in [6.45, 7) is 8.83. The first-order chi connectivity index (χ1) is 14.7. The number of benzene rings is 1. The molecule has 4 N–H and O–H groups in total. The Morgan fingerprint density at radius 1 is 1.26 bits per heavy atom. The quantitative estimate of drug-likeness (QED) is 0.514. The SMILES string of the molecule is CCOc1cccc(CCNC(=O)[C@@H]2CCCN2C(=O)[C@@H](NC(=O)[C@H](C)N)C(C)C)c1. The fourth-order valence-electron chi connectivity index (χ4n) is 3.69. The molecule has 8 nitrogen and oxygen atoms in total. The topological polar surface area (TPSA) is 114 Å². The molecule has 1 aliphatic rings. The van der Waals surface area contributed by atoms with E-state index in [1.165, 1.54) is 0 Å². The van der Waals surface area contributed by atoms with Crippen molar-refractivity contribution in [3.05, 3.63) is 29.8 Å². The van der Waals surface area contributed by atoms with Gasteiger partial charge in [0.15, 0.2) is 0 Å². The average molecular weight is 433 g/mol. The van der Waals surface area contributed by atoms with Gasteiger partial charge in [0, 0.05) is 13.1 Å². The highest BCUT2D eigenvalue weighted by atomic mass is 16.5. The highest BCUT2D eigenvalue weighted by Crippen LogP contribution is 2.20. The van der Waals surface area contributed by atoms with Crippen LogP contribution >= 0.6 is 0 Å².